The van der Waals surface area contributed by atoms with Crippen LogP contribution in [0.4, 0.5) is 0 Å². The molecule has 2 N–H and O–H groups in total. The van der Waals surface area contributed by atoms with Crippen LogP contribution in [0.25, 0.3) is 0 Å². The average Bonchev–Trinajstić information content (AvgIpc) is 2.35. The molecule has 1 atom stereocenters. The predicted molar refractivity (Wildman–Crippen MR) is 71.0 cm³/mol. The number of nitrogens with one attached hydrogen (secondary N) is 1. The van der Waals surface area contributed by atoms with Gasteiger partial charge in [0, 0.05) is 6.54 Å². The molecule has 0 spiro atoms. The molecule has 0 heterocycles. The van der Waals surface area contributed by atoms with Crippen LogP contribution in [0.1, 0.15) is 36.2 Å². The van der Waals surface area contributed by atoms with E-state index in [1.807, 2.05) is 6.92 Å². The first-order chi connectivity index (χ1) is 8.95. The third-order valence-corrected chi connectivity index (χ3v) is 2.58. The van der Waals surface area contributed by atoms with E-state index in [2.05, 4.69) is 5.32 Å². The Labute approximate surface area is 112 Å². The Bertz CT molecular complexity index is 471. The predicted octanol–water partition coefficient (Wildman–Crippen LogP) is 1.77. The molecule has 1 rings (SSSR count). The molecule has 0 saturated carbocycles. The van der Waals surface area contributed by atoms with Crippen LogP contribution in [0.2, 0.25) is 0 Å². The molecule has 5 nitrogen and oxygen atoms in total. The maximum Gasteiger partial charge on any atom is 0.342 e. The fourth-order valence-corrected chi connectivity index (χ4v) is 1.48. The van der Waals surface area contributed by atoms with Gasteiger partial charge in [0.2, 0.25) is 0 Å². The first kappa shape index (κ1) is 15.0. The lowest BCUT2D eigenvalue weighted by atomic mass is 10.1. The minimum Gasteiger partial charge on any atom is -0.507 e. The molecular weight excluding hydrogens is 246 g/mol. The molecular formula is C14H19NO4. The fraction of sp³-hybridized carbons (Fsp3) is 0.429. The molecule has 5 heteroatoms. The molecule has 0 aliphatic rings. The Morgan fingerprint density at radius 2 is 2.11 bits per heavy atom. The summed E-state index contributed by atoms with van der Waals surface area (Å²) >= 11 is 0. The van der Waals surface area contributed by atoms with Crippen LogP contribution in [0.5, 0.6) is 5.75 Å². The fourth-order valence-electron chi connectivity index (χ4n) is 1.48. The summed E-state index contributed by atoms with van der Waals surface area (Å²) < 4.78 is 5.00. The van der Waals surface area contributed by atoms with E-state index >= 15 is 0 Å². The monoisotopic (exact) mass is 265 g/mol. The molecule has 0 radical (unpaired) electrons. The molecule has 0 unspecified atom stereocenters. The molecule has 0 fully saturated rings. The Morgan fingerprint density at radius 3 is 2.68 bits per heavy atom. The lowest BCUT2D eigenvalue weighted by Crippen LogP contribution is -2.36. The third kappa shape index (κ3) is 4.28. The number of aromatic hydroxyl groups is 1. The summed E-state index contributed by atoms with van der Waals surface area (Å²) in [6, 6.07) is 4.64. The number of carbonyl (C=O) groups is 2. The second-order valence-corrected chi connectivity index (χ2v) is 4.36. The number of aryl methyl sites for hydroxylation is 1. The zero-order chi connectivity index (χ0) is 14.4. The quantitative estimate of drug-likeness (QED) is 0.796. The van der Waals surface area contributed by atoms with Crippen LogP contribution in [-0.4, -0.2) is 29.6 Å². The number of rotatable bonds is 5. The number of hydrogen-bond donors (Lipinski definition) is 2. The highest BCUT2D eigenvalue weighted by Crippen LogP contribution is 2.19. The minimum absolute atomic E-state index is 0.0562. The van der Waals surface area contributed by atoms with Crippen molar-refractivity contribution in [3.63, 3.8) is 0 Å². The lowest BCUT2D eigenvalue weighted by molar-refractivity contribution is -0.129. The standard InChI is InChI=1S/C14H19NO4/c1-4-7-15-13(17)10(3)19-14(18)11-6-5-9(2)8-12(11)16/h5-6,8,10,16H,4,7H2,1-3H3,(H,15,17)/t10-/m0/s1. The number of amides is 1. The summed E-state index contributed by atoms with van der Waals surface area (Å²) in [6.45, 7) is 5.77. The van der Waals surface area contributed by atoms with E-state index in [0.717, 1.165) is 12.0 Å². The summed E-state index contributed by atoms with van der Waals surface area (Å²) in [5.41, 5.74) is 0.892. The van der Waals surface area contributed by atoms with Crippen LogP contribution < -0.4 is 5.32 Å². The molecule has 0 saturated heterocycles. The van der Waals surface area contributed by atoms with E-state index in [4.69, 9.17) is 4.74 Å². The second-order valence-electron chi connectivity index (χ2n) is 4.36. The number of esters is 1. The smallest absolute Gasteiger partial charge is 0.342 e. The molecule has 19 heavy (non-hydrogen) atoms. The lowest BCUT2D eigenvalue weighted by Gasteiger charge is -2.13. The van der Waals surface area contributed by atoms with Gasteiger partial charge in [-0.1, -0.05) is 13.0 Å². The van der Waals surface area contributed by atoms with Gasteiger partial charge in [-0.3, -0.25) is 4.79 Å². The molecule has 1 aromatic rings. The number of phenols is 1. The Morgan fingerprint density at radius 1 is 1.42 bits per heavy atom. The number of benzene rings is 1. The van der Waals surface area contributed by atoms with Crippen LogP contribution in [0.3, 0.4) is 0 Å². The Balaban J connectivity index is 2.66. The van der Waals surface area contributed by atoms with Crippen LogP contribution >= 0.6 is 0 Å². The van der Waals surface area contributed by atoms with Crippen molar-refractivity contribution in [1.82, 2.24) is 5.32 Å². The Kier molecular flexibility index (Phi) is 5.36. The number of ether oxygens (including phenoxy) is 1. The van der Waals surface area contributed by atoms with E-state index in [-0.39, 0.29) is 17.2 Å². The molecule has 0 aliphatic heterocycles. The van der Waals surface area contributed by atoms with Gasteiger partial charge in [0.15, 0.2) is 6.10 Å². The van der Waals surface area contributed by atoms with Crippen LogP contribution in [0.15, 0.2) is 18.2 Å². The van der Waals surface area contributed by atoms with Gasteiger partial charge in [0.1, 0.15) is 11.3 Å². The van der Waals surface area contributed by atoms with Gasteiger partial charge in [-0.05, 0) is 38.0 Å². The van der Waals surface area contributed by atoms with Gasteiger partial charge < -0.3 is 15.2 Å². The normalized spacial score (nSPS) is 11.7. The van der Waals surface area contributed by atoms with E-state index < -0.39 is 12.1 Å². The van der Waals surface area contributed by atoms with E-state index in [9.17, 15) is 14.7 Å². The molecule has 1 aromatic carbocycles. The van der Waals surface area contributed by atoms with Crippen molar-refractivity contribution in [2.75, 3.05) is 6.54 Å². The minimum atomic E-state index is -0.889. The summed E-state index contributed by atoms with van der Waals surface area (Å²) in [6.07, 6.45) is -0.0784. The van der Waals surface area contributed by atoms with Crippen LogP contribution in [0, 0.1) is 6.92 Å². The SMILES string of the molecule is CCCNC(=O)[C@H](C)OC(=O)c1ccc(C)cc1O. The molecule has 0 aliphatic carbocycles. The van der Waals surface area contributed by atoms with Crippen molar-refractivity contribution >= 4 is 11.9 Å². The summed E-state index contributed by atoms with van der Waals surface area (Å²) in [4.78, 5) is 23.4. The highest BCUT2D eigenvalue weighted by atomic mass is 16.5. The molecule has 104 valence electrons. The number of hydrogen-bond acceptors (Lipinski definition) is 4. The first-order valence-corrected chi connectivity index (χ1v) is 6.24. The van der Waals surface area contributed by atoms with E-state index in [0.29, 0.717) is 6.54 Å². The van der Waals surface area contributed by atoms with Gasteiger partial charge in [-0.2, -0.15) is 0 Å². The van der Waals surface area contributed by atoms with Crippen molar-refractivity contribution in [2.45, 2.75) is 33.3 Å². The van der Waals surface area contributed by atoms with E-state index in [1.54, 1.807) is 13.0 Å². The zero-order valence-electron chi connectivity index (χ0n) is 11.4. The molecule has 1 amide bonds. The molecule has 0 aromatic heterocycles. The number of phenolic OH excluding ortho intramolecular Hbond substituents is 1. The van der Waals surface area contributed by atoms with Crippen molar-refractivity contribution in [3.8, 4) is 5.75 Å². The van der Waals surface area contributed by atoms with E-state index in [1.165, 1.54) is 19.1 Å². The van der Waals surface area contributed by atoms with Gasteiger partial charge in [-0.25, -0.2) is 4.79 Å². The third-order valence-electron chi connectivity index (χ3n) is 2.58. The maximum atomic E-state index is 11.8. The topological polar surface area (TPSA) is 75.6 Å². The highest BCUT2D eigenvalue weighted by Gasteiger charge is 2.20. The summed E-state index contributed by atoms with van der Waals surface area (Å²) in [5, 5.41) is 12.3. The van der Waals surface area contributed by atoms with Crippen LogP contribution in [-0.2, 0) is 9.53 Å². The zero-order valence-corrected chi connectivity index (χ0v) is 11.4. The largest absolute Gasteiger partial charge is 0.507 e. The number of carbonyl (C=O) groups excluding carboxylic acids is 2. The van der Waals surface area contributed by atoms with Crippen molar-refractivity contribution in [2.24, 2.45) is 0 Å². The summed E-state index contributed by atoms with van der Waals surface area (Å²) in [7, 11) is 0. The van der Waals surface area contributed by atoms with Gasteiger partial charge >= 0.3 is 5.97 Å². The first-order valence-electron chi connectivity index (χ1n) is 6.24. The van der Waals surface area contributed by atoms with Gasteiger partial charge in [0.25, 0.3) is 5.91 Å². The summed E-state index contributed by atoms with van der Waals surface area (Å²) in [5.74, 6) is -1.20. The van der Waals surface area contributed by atoms with Gasteiger partial charge in [0.05, 0.1) is 0 Å². The van der Waals surface area contributed by atoms with Gasteiger partial charge in [-0.15, -0.1) is 0 Å². The average molecular weight is 265 g/mol. The highest BCUT2D eigenvalue weighted by molar-refractivity contribution is 5.94. The van der Waals surface area contributed by atoms with Crippen molar-refractivity contribution in [3.05, 3.63) is 29.3 Å². The van der Waals surface area contributed by atoms with Crippen molar-refractivity contribution in [1.29, 1.82) is 0 Å². The van der Waals surface area contributed by atoms with Crippen molar-refractivity contribution < 1.29 is 19.4 Å². The maximum absolute atomic E-state index is 11.8. The Hall–Kier alpha value is -2.04. The molecule has 0 bridgehead atoms. The second kappa shape index (κ2) is 6.78.